The van der Waals surface area contributed by atoms with Gasteiger partial charge in [0.2, 0.25) is 0 Å². The second-order valence-electron chi connectivity index (χ2n) is 6.93. The second-order valence-corrected chi connectivity index (χ2v) is 6.93. The minimum atomic E-state index is -0.456. The third kappa shape index (κ3) is 3.68. The summed E-state index contributed by atoms with van der Waals surface area (Å²) in [5, 5.41) is 10.7. The standard InChI is InChI=1S/C21H24N4O/c26-19(16-7-3-1-4-8-16)15-17-9-5-2-6-14-25(17)20-11-10-18-21(24-20)23-13-12-22-18/h1,3-4,7-8,10-13,17,19,26H,2,5-6,9,14-15H2/t17-,19+/m0/s1. The second kappa shape index (κ2) is 7.79. The lowest BCUT2D eigenvalue weighted by atomic mass is 9.98. The summed E-state index contributed by atoms with van der Waals surface area (Å²) in [7, 11) is 0. The number of aliphatic hydroxyl groups excluding tert-OH is 1. The van der Waals surface area contributed by atoms with Gasteiger partial charge in [-0.05, 0) is 37.0 Å². The van der Waals surface area contributed by atoms with Crippen molar-refractivity contribution < 1.29 is 5.11 Å². The molecule has 0 spiro atoms. The molecule has 1 fully saturated rings. The van der Waals surface area contributed by atoms with E-state index >= 15 is 0 Å². The minimum absolute atomic E-state index is 0.273. The summed E-state index contributed by atoms with van der Waals surface area (Å²) in [6, 6.07) is 14.2. The Morgan fingerprint density at radius 1 is 1.00 bits per heavy atom. The molecule has 0 aliphatic carbocycles. The van der Waals surface area contributed by atoms with Gasteiger partial charge in [-0.2, -0.15) is 0 Å². The van der Waals surface area contributed by atoms with Gasteiger partial charge in [-0.25, -0.2) is 9.97 Å². The SMILES string of the molecule is O[C@H](C[C@@H]1CCCCCN1c1ccc2nccnc2n1)c1ccccc1. The van der Waals surface area contributed by atoms with E-state index in [0.29, 0.717) is 12.1 Å². The monoisotopic (exact) mass is 348 g/mol. The molecular formula is C21H24N4O. The van der Waals surface area contributed by atoms with Crippen molar-refractivity contribution in [2.75, 3.05) is 11.4 Å². The van der Waals surface area contributed by atoms with Gasteiger partial charge in [-0.3, -0.25) is 4.98 Å². The van der Waals surface area contributed by atoms with Crippen LogP contribution < -0.4 is 4.90 Å². The first-order valence-electron chi connectivity index (χ1n) is 9.39. The Kier molecular flexibility index (Phi) is 5.07. The number of aromatic nitrogens is 3. The van der Waals surface area contributed by atoms with Gasteiger partial charge in [-0.1, -0.05) is 43.2 Å². The van der Waals surface area contributed by atoms with Crippen LogP contribution in [-0.4, -0.2) is 32.6 Å². The van der Waals surface area contributed by atoms with Crippen molar-refractivity contribution in [3.63, 3.8) is 0 Å². The van der Waals surface area contributed by atoms with E-state index in [1.54, 1.807) is 12.4 Å². The van der Waals surface area contributed by atoms with Crippen LogP contribution in [0.1, 0.15) is 43.8 Å². The summed E-state index contributed by atoms with van der Waals surface area (Å²) in [5.41, 5.74) is 2.47. The summed E-state index contributed by atoms with van der Waals surface area (Å²) in [6.07, 6.45) is 8.26. The first-order chi connectivity index (χ1) is 12.8. The third-order valence-corrected chi connectivity index (χ3v) is 5.17. The number of hydrogen-bond acceptors (Lipinski definition) is 5. The molecule has 0 radical (unpaired) electrons. The molecule has 3 heterocycles. The molecule has 1 saturated heterocycles. The molecule has 5 nitrogen and oxygen atoms in total. The van der Waals surface area contributed by atoms with Crippen LogP contribution in [0.4, 0.5) is 5.82 Å². The number of rotatable bonds is 4. The van der Waals surface area contributed by atoms with Crippen molar-refractivity contribution in [2.45, 2.75) is 44.2 Å². The zero-order valence-corrected chi connectivity index (χ0v) is 14.8. The molecule has 3 aromatic rings. The molecule has 1 aliphatic heterocycles. The molecule has 1 aromatic carbocycles. The van der Waals surface area contributed by atoms with E-state index in [1.165, 1.54) is 12.8 Å². The quantitative estimate of drug-likeness (QED) is 0.775. The molecule has 5 heteroatoms. The highest BCUT2D eigenvalue weighted by molar-refractivity contribution is 5.71. The Morgan fingerprint density at radius 2 is 1.85 bits per heavy atom. The lowest BCUT2D eigenvalue weighted by molar-refractivity contribution is 0.155. The maximum Gasteiger partial charge on any atom is 0.180 e. The smallest absolute Gasteiger partial charge is 0.180 e. The van der Waals surface area contributed by atoms with Crippen LogP contribution in [-0.2, 0) is 0 Å². The lowest BCUT2D eigenvalue weighted by Crippen LogP contribution is -2.36. The van der Waals surface area contributed by atoms with E-state index in [4.69, 9.17) is 4.98 Å². The predicted molar refractivity (Wildman–Crippen MR) is 103 cm³/mol. The van der Waals surface area contributed by atoms with Gasteiger partial charge in [0.05, 0.1) is 6.10 Å². The molecule has 1 aliphatic rings. The van der Waals surface area contributed by atoms with E-state index in [1.807, 2.05) is 42.5 Å². The van der Waals surface area contributed by atoms with Crippen LogP contribution in [0, 0.1) is 0 Å². The molecule has 2 atom stereocenters. The van der Waals surface area contributed by atoms with Gasteiger partial charge in [-0.15, -0.1) is 0 Å². The van der Waals surface area contributed by atoms with Crippen molar-refractivity contribution in [3.8, 4) is 0 Å². The first kappa shape index (κ1) is 16.9. The highest BCUT2D eigenvalue weighted by Crippen LogP contribution is 2.29. The zero-order valence-electron chi connectivity index (χ0n) is 14.8. The van der Waals surface area contributed by atoms with E-state index in [9.17, 15) is 5.11 Å². The Balaban J connectivity index is 1.60. The molecular weight excluding hydrogens is 324 g/mol. The largest absolute Gasteiger partial charge is 0.388 e. The van der Waals surface area contributed by atoms with Crippen molar-refractivity contribution in [1.82, 2.24) is 15.0 Å². The van der Waals surface area contributed by atoms with Crippen molar-refractivity contribution in [1.29, 1.82) is 0 Å². The highest BCUT2D eigenvalue weighted by Gasteiger charge is 2.25. The number of anilines is 1. The van der Waals surface area contributed by atoms with E-state index < -0.39 is 6.10 Å². The van der Waals surface area contributed by atoms with E-state index in [2.05, 4.69) is 14.9 Å². The molecule has 1 N–H and O–H groups in total. The number of pyridine rings is 1. The number of benzene rings is 1. The molecule has 0 unspecified atom stereocenters. The Labute approximate surface area is 153 Å². The van der Waals surface area contributed by atoms with Crippen LogP contribution >= 0.6 is 0 Å². The molecule has 4 rings (SSSR count). The van der Waals surface area contributed by atoms with Gasteiger partial charge in [0.15, 0.2) is 5.65 Å². The number of nitrogens with zero attached hydrogens (tertiary/aromatic N) is 4. The minimum Gasteiger partial charge on any atom is -0.388 e. The summed E-state index contributed by atoms with van der Waals surface area (Å²) in [6.45, 7) is 0.963. The van der Waals surface area contributed by atoms with Gasteiger partial charge >= 0.3 is 0 Å². The summed E-state index contributed by atoms with van der Waals surface area (Å²) >= 11 is 0. The highest BCUT2D eigenvalue weighted by atomic mass is 16.3. The normalized spacial score (nSPS) is 19.3. The number of fused-ring (bicyclic) bond motifs is 1. The molecule has 26 heavy (non-hydrogen) atoms. The average Bonchev–Trinajstić information content (AvgIpc) is 2.93. The third-order valence-electron chi connectivity index (χ3n) is 5.17. The Hall–Kier alpha value is -2.53. The number of hydrogen-bond donors (Lipinski definition) is 1. The Morgan fingerprint density at radius 3 is 2.73 bits per heavy atom. The predicted octanol–water partition coefficient (Wildman–Crippen LogP) is 3.90. The fourth-order valence-electron chi connectivity index (χ4n) is 3.80. The van der Waals surface area contributed by atoms with Crippen molar-refractivity contribution >= 4 is 17.0 Å². The number of aliphatic hydroxyl groups is 1. The van der Waals surface area contributed by atoms with Gasteiger partial charge in [0.1, 0.15) is 11.3 Å². The fraction of sp³-hybridized carbons (Fsp3) is 0.381. The average molecular weight is 348 g/mol. The topological polar surface area (TPSA) is 62.1 Å². The first-order valence-corrected chi connectivity index (χ1v) is 9.39. The van der Waals surface area contributed by atoms with Crippen LogP contribution in [0.5, 0.6) is 0 Å². The maximum absolute atomic E-state index is 10.7. The maximum atomic E-state index is 10.7. The molecule has 2 aromatic heterocycles. The molecule has 0 saturated carbocycles. The van der Waals surface area contributed by atoms with Gasteiger partial charge < -0.3 is 10.0 Å². The molecule has 0 bridgehead atoms. The summed E-state index contributed by atoms with van der Waals surface area (Å²) in [4.78, 5) is 15.7. The lowest BCUT2D eigenvalue weighted by Gasteiger charge is -2.32. The van der Waals surface area contributed by atoms with Crippen LogP contribution in [0.15, 0.2) is 54.9 Å². The summed E-state index contributed by atoms with van der Waals surface area (Å²) in [5.74, 6) is 0.935. The van der Waals surface area contributed by atoms with Crippen molar-refractivity contribution in [2.24, 2.45) is 0 Å². The van der Waals surface area contributed by atoms with Gasteiger partial charge in [0, 0.05) is 25.0 Å². The van der Waals surface area contributed by atoms with Gasteiger partial charge in [0.25, 0.3) is 0 Å². The molecule has 134 valence electrons. The zero-order chi connectivity index (χ0) is 17.8. The fourth-order valence-corrected chi connectivity index (χ4v) is 3.80. The van der Waals surface area contributed by atoms with E-state index in [-0.39, 0.29) is 6.04 Å². The molecule has 0 amide bonds. The van der Waals surface area contributed by atoms with Crippen molar-refractivity contribution in [3.05, 3.63) is 60.4 Å². The van der Waals surface area contributed by atoms with Crippen LogP contribution in [0.25, 0.3) is 11.2 Å². The Bertz CT molecular complexity index is 855. The van der Waals surface area contributed by atoms with Crippen LogP contribution in [0.2, 0.25) is 0 Å². The van der Waals surface area contributed by atoms with E-state index in [0.717, 1.165) is 36.3 Å². The van der Waals surface area contributed by atoms with Crippen LogP contribution in [0.3, 0.4) is 0 Å². The summed E-state index contributed by atoms with van der Waals surface area (Å²) < 4.78 is 0.